The van der Waals surface area contributed by atoms with E-state index < -0.39 is 5.41 Å². The van der Waals surface area contributed by atoms with Crippen LogP contribution in [0.2, 0.25) is 0 Å². The van der Waals surface area contributed by atoms with E-state index in [9.17, 15) is 9.65 Å². The Kier molecular flexibility index (Phi) is 15.2. The second-order valence-corrected chi connectivity index (χ2v) is 12.0. The summed E-state index contributed by atoms with van der Waals surface area (Å²) in [6.07, 6.45) is 15.6. The van der Waals surface area contributed by atoms with Gasteiger partial charge in [-0.05, 0) is 61.2 Å². The van der Waals surface area contributed by atoms with Gasteiger partial charge in [-0.15, -0.1) is 0 Å². The van der Waals surface area contributed by atoms with Crippen molar-refractivity contribution in [1.82, 2.24) is 9.80 Å². The standard InChI is InChI=1S/C36H54FN3O2/c1-4-5-6-7-8-9-10-11-12-13-21-36(30-38,32-17-20-34(41-2)35(28-32)42-3)22-14-23-39-24-26-40(27-25-39)29-31-15-18-33(37)19-16-31/h15-20,28H,4-14,21-27,29H2,1-3H3. The summed E-state index contributed by atoms with van der Waals surface area (Å²) in [6.45, 7) is 8.20. The number of nitrogens with zero attached hydrogens (tertiary/aromatic N) is 3. The van der Waals surface area contributed by atoms with E-state index in [2.05, 4.69) is 28.9 Å². The lowest BCUT2D eigenvalue weighted by molar-refractivity contribution is 0.124. The van der Waals surface area contributed by atoms with Crippen molar-refractivity contribution < 1.29 is 13.9 Å². The Morgan fingerprint density at radius 2 is 1.31 bits per heavy atom. The van der Waals surface area contributed by atoms with Gasteiger partial charge in [0.25, 0.3) is 0 Å². The van der Waals surface area contributed by atoms with Gasteiger partial charge in [-0.2, -0.15) is 5.26 Å². The highest BCUT2D eigenvalue weighted by Gasteiger charge is 2.33. The van der Waals surface area contributed by atoms with Gasteiger partial charge in [-0.3, -0.25) is 4.90 Å². The Bertz CT molecular complexity index is 1060. The summed E-state index contributed by atoms with van der Waals surface area (Å²) in [5, 5.41) is 10.6. The molecule has 1 saturated heterocycles. The van der Waals surface area contributed by atoms with Gasteiger partial charge >= 0.3 is 0 Å². The van der Waals surface area contributed by atoms with E-state index in [-0.39, 0.29) is 5.82 Å². The average Bonchev–Trinajstić information content (AvgIpc) is 3.02. The highest BCUT2D eigenvalue weighted by Crippen LogP contribution is 2.39. The molecule has 5 nitrogen and oxygen atoms in total. The maximum absolute atomic E-state index is 13.2. The predicted molar refractivity (Wildman–Crippen MR) is 171 cm³/mol. The molecule has 1 unspecified atom stereocenters. The topological polar surface area (TPSA) is 48.7 Å². The molecule has 1 atom stereocenters. The summed E-state index contributed by atoms with van der Waals surface area (Å²) in [5.41, 5.74) is 1.68. The zero-order chi connectivity index (χ0) is 30.0. The van der Waals surface area contributed by atoms with Gasteiger partial charge in [0.1, 0.15) is 5.82 Å². The summed E-state index contributed by atoms with van der Waals surface area (Å²) in [4.78, 5) is 4.97. The molecular weight excluding hydrogens is 525 g/mol. The van der Waals surface area contributed by atoms with Crippen LogP contribution in [0, 0.1) is 17.1 Å². The summed E-state index contributed by atoms with van der Waals surface area (Å²) >= 11 is 0. The van der Waals surface area contributed by atoms with Gasteiger partial charge in [0.15, 0.2) is 11.5 Å². The Balaban J connectivity index is 1.52. The first-order valence-electron chi connectivity index (χ1n) is 16.4. The van der Waals surface area contributed by atoms with Crippen molar-refractivity contribution in [2.45, 2.75) is 102 Å². The number of nitriles is 1. The second-order valence-electron chi connectivity index (χ2n) is 12.0. The van der Waals surface area contributed by atoms with Crippen LogP contribution in [0.15, 0.2) is 42.5 Å². The van der Waals surface area contributed by atoms with Gasteiger partial charge < -0.3 is 14.4 Å². The van der Waals surface area contributed by atoms with Crippen molar-refractivity contribution in [2.24, 2.45) is 0 Å². The van der Waals surface area contributed by atoms with Crippen molar-refractivity contribution in [1.29, 1.82) is 5.26 Å². The molecule has 2 aromatic carbocycles. The third-order valence-electron chi connectivity index (χ3n) is 8.97. The lowest BCUT2D eigenvalue weighted by atomic mass is 9.74. The molecule has 0 aliphatic carbocycles. The van der Waals surface area contributed by atoms with E-state index >= 15 is 0 Å². The Hall–Kier alpha value is -2.62. The summed E-state index contributed by atoms with van der Waals surface area (Å²) in [5.74, 6) is 1.21. The molecule has 42 heavy (non-hydrogen) atoms. The number of unbranched alkanes of at least 4 members (excludes halogenated alkanes) is 9. The molecule has 232 valence electrons. The highest BCUT2D eigenvalue weighted by atomic mass is 19.1. The first-order chi connectivity index (χ1) is 20.5. The zero-order valence-corrected chi connectivity index (χ0v) is 26.5. The van der Waals surface area contributed by atoms with E-state index in [1.165, 1.54) is 57.8 Å². The smallest absolute Gasteiger partial charge is 0.161 e. The van der Waals surface area contributed by atoms with Crippen LogP contribution in [0.3, 0.4) is 0 Å². The minimum atomic E-state index is -0.524. The predicted octanol–water partition coefficient (Wildman–Crippen LogP) is 8.51. The summed E-state index contributed by atoms with van der Waals surface area (Å²) < 4.78 is 24.3. The molecule has 1 fully saturated rings. The molecule has 0 bridgehead atoms. The first-order valence-corrected chi connectivity index (χ1v) is 16.4. The SMILES string of the molecule is CCCCCCCCCCCCC(C#N)(CCCN1CCN(Cc2ccc(F)cc2)CC1)c1ccc(OC)c(OC)c1. The highest BCUT2D eigenvalue weighted by molar-refractivity contribution is 5.47. The molecule has 2 aromatic rings. The number of piperazine rings is 1. The maximum Gasteiger partial charge on any atom is 0.161 e. The van der Waals surface area contributed by atoms with E-state index in [4.69, 9.17) is 9.47 Å². The number of ether oxygens (including phenoxy) is 2. The van der Waals surface area contributed by atoms with Crippen LogP contribution in [0.25, 0.3) is 0 Å². The third kappa shape index (κ3) is 10.9. The molecule has 0 saturated carbocycles. The van der Waals surface area contributed by atoms with E-state index in [0.717, 1.165) is 76.1 Å². The molecule has 0 amide bonds. The van der Waals surface area contributed by atoms with Crippen LogP contribution in [-0.2, 0) is 12.0 Å². The fourth-order valence-corrected chi connectivity index (χ4v) is 6.26. The molecule has 0 N–H and O–H groups in total. The largest absolute Gasteiger partial charge is 0.493 e. The van der Waals surface area contributed by atoms with Crippen molar-refractivity contribution >= 4 is 0 Å². The average molecular weight is 580 g/mol. The number of methoxy groups -OCH3 is 2. The molecule has 0 aromatic heterocycles. The molecule has 1 aliphatic rings. The Morgan fingerprint density at radius 1 is 0.738 bits per heavy atom. The summed E-state index contributed by atoms with van der Waals surface area (Å²) in [6, 6.07) is 15.7. The zero-order valence-electron chi connectivity index (χ0n) is 26.5. The van der Waals surface area contributed by atoms with Crippen LogP contribution in [0.1, 0.15) is 102 Å². The normalized spacial score (nSPS) is 15.7. The quantitative estimate of drug-likeness (QED) is 0.147. The number of halogens is 1. The fourth-order valence-electron chi connectivity index (χ4n) is 6.26. The molecule has 0 spiro atoms. The minimum absolute atomic E-state index is 0.182. The van der Waals surface area contributed by atoms with Crippen LogP contribution < -0.4 is 9.47 Å². The molecule has 1 aliphatic heterocycles. The second kappa shape index (κ2) is 18.8. The minimum Gasteiger partial charge on any atom is -0.493 e. The monoisotopic (exact) mass is 579 g/mol. The number of rotatable bonds is 20. The third-order valence-corrected chi connectivity index (χ3v) is 8.97. The molecule has 1 heterocycles. The number of hydrogen-bond donors (Lipinski definition) is 0. The van der Waals surface area contributed by atoms with Gasteiger partial charge in [0.2, 0.25) is 0 Å². The van der Waals surface area contributed by atoms with Gasteiger partial charge in [0, 0.05) is 32.7 Å². The summed E-state index contributed by atoms with van der Waals surface area (Å²) in [7, 11) is 3.31. The molecular formula is C36H54FN3O2. The maximum atomic E-state index is 13.2. The lowest BCUT2D eigenvalue weighted by Crippen LogP contribution is -2.46. The number of benzene rings is 2. The van der Waals surface area contributed by atoms with Crippen molar-refractivity contribution in [3.05, 3.63) is 59.4 Å². The lowest BCUT2D eigenvalue weighted by Gasteiger charge is -2.35. The van der Waals surface area contributed by atoms with Gasteiger partial charge in [0.05, 0.1) is 25.7 Å². The van der Waals surface area contributed by atoms with Crippen LogP contribution in [-0.4, -0.2) is 56.7 Å². The fraction of sp³-hybridized carbons (Fsp3) is 0.639. The van der Waals surface area contributed by atoms with Crippen molar-refractivity contribution in [3.8, 4) is 17.6 Å². The van der Waals surface area contributed by atoms with Crippen LogP contribution in [0.4, 0.5) is 4.39 Å². The molecule has 0 radical (unpaired) electrons. The van der Waals surface area contributed by atoms with Crippen molar-refractivity contribution in [2.75, 3.05) is 46.9 Å². The Labute approximate surface area is 255 Å². The van der Waals surface area contributed by atoms with Crippen LogP contribution in [0.5, 0.6) is 11.5 Å². The first kappa shape index (κ1) is 33.9. The van der Waals surface area contributed by atoms with Crippen LogP contribution >= 0.6 is 0 Å². The van der Waals surface area contributed by atoms with E-state index in [1.807, 2.05) is 24.3 Å². The molecule has 3 rings (SSSR count). The van der Waals surface area contributed by atoms with Gasteiger partial charge in [-0.25, -0.2) is 4.39 Å². The van der Waals surface area contributed by atoms with Crippen molar-refractivity contribution in [3.63, 3.8) is 0 Å². The van der Waals surface area contributed by atoms with Gasteiger partial charge in [-0.1, -0.05) is 89.3 Å². The number of hydrogen-bond acceptors (Lipinski definition) is 5. The van der Waals surface area contributed by atoms with E-state index in [1.54, 1.807) is 26.4 Å². The Morgan fingerprint density at radius 3 is 1.90 bits per heavy atom. The van der Waals surface area contributed by atoms with E-state index in [0.29, 0.717) is 11.5 Å². The molecule has 6 heteroatoms.